The smallest absolute Gasteiger partial charge is 0.324 e. The van der Waals surface area contributed by atoms with Crippen LogP contribution < -0.4 is 10.2 Å². The number of para-hydroxylation sites is 2. The second-order valence-electron chi connectivity index (χ2n) is 7.81. The highest BCUT2D eigenvalue weighted by Gasteiger charge is 2.42. The maximum Gasteiger partial charge on any atom is 0.418 e. The van der Waals surface area contributed by atoms with Crippen LogP contribution in [0, 0.1) is 0 Å². The summed E-state index contributed by atoms with van der Waals surface area (Å²) < 4.78 is 71.0. The molecule has 0 radical (unpaired) electrons. The number of thiocarbonyl (C=S) groups is 1. The Morgan fingerprint density at radius 1 is 1.03 bits per heavy atom. The van der Waals surface area contributed by atoms with Crippen LogP contribution in [0.25, 0.3) is 5.57 Å². The van der Waals surface area contributed by atoms with Crippen molar-refractivity contribution < 1.29 is 40.5 Å². The fourth-order valence-electron chi connectivity index (χ4n) is 3.78. The van der Waals surface area contributed by atoms with Crippen LogP contribution in [-0.4, -0.2) is 58.8 Å². The number of carbonyl (C=O) groups excluding carboxylic acids is 3. The summed E-state index contributed by atoms with van der Waals surface area (Å²) in [6, 6.07) is 10.6. The molecule has 0 unspecified atom stereocenters. The third kappa shape index (κ3) is 5.53. The number of hydrogen-bond donors (Lipinski definition) is 2. The van der Waals surface area contributed by atoms with Crippen molar-refractivity contribution in [2.75, 3.05) is 29.1 Å². The van der Waals surface area contributed by atoms with E-state index in [4.69, 9.17) is 16.8 Å². The van der Waals surface area contributed by atoms with Crippen molar-refractivity contribution in [2.24, 2.45) is 0 Å². The Labute approximate surface area is 218 Å². The lowest BCUT2D eigenvalue weighted by Gasteiger charge is -2.18. The largest absolute Gasteiger partial charge is 0.418 e. The molecule has 0 aliphatic carbocycles. The normalized spacial score (nSPS) is 18.0. The molecule has 0 aromatic heterocycles. The fraction of sp³-hybridized carbons (Fsp3) is 0.182. The molecule has 37 heavy (non-hydrogen) atoms. The lowest BCUT2D eigenvalue weighted by Crippen LogP contribution is -2.36. The highest BCUT2D eigenvalue weighted by Crippen LogP contribution is 2.44. The maximum absolute atomic E-state index is 13.4. The van der Waals surface area contributed by atoms with E-state index in [2.05, 4.69) is 5.32 Å². The first-order valence-electron chi connectivity index (χ1n) is 10.4. The lowest BCUT2D eigenvalue weighted by molar-refractivity contribution is -0.137. The molecule has 1 fully saturated rings. The maximum atomic E-state index is 13.4. The van der Waals surface area contributed by atoms with Crippen molar-refractivity contribution in [1.29, 1.82) is 0 Å². The molecule has 0 atom stereocenters. The summed E-state index contributed by atoms with van der Waals surface area (Å²) >= 11 is 5.91. The summed E-state index contributed by atoms with van der Waals surface area (Å²) in [6.07, 6.45) is -4.71. The molecule has 3 amide bonds. The van der Waals surface area contributed by atoms with Crippen LogP contribution in [-0.2, 0) is 30.7 Å². The summed E-state index contributed by atoms with van der Waals surface area (Å²) in [5, 5.41) is 2.18. The van der Waals surface area contributed by atoms with E-state index in [9.17, 15) is 36.0 Å². The van der Waals surface area contributed by atoms with Gasteiger partial charge in [0.05, 0.1) is 33.2 Å². The first-order chi connectivity index (χ1) is 17.3. The molecule has 0 spiro atoms. The second-order valence-corrected chi connectivity index (χ2v) is 11.0. The van der Waals surface area contributed by atoms with Crippen LogP contribution in [0.4, 0.5) is 24.5 Å². The van der Waals surface area contributed by atoms with Crippen molar-refractivity contribution in [3.8, 4) is 0 Å². The monoisotopic (exact) mass is 571 g/mol. The van der Waals surface area contributed by atoms with Gasteiger partial charge in [0.15, 0.2) is 0 Å². The van der Waals surface area contributed by atoms with Crippen molar-refractivity contribution in [1.82, 2.24) is 4.90 Å². The molecular weight excluding hydrogens is 555 g/mol. The number of fused-ring (bicyclic) bond motifs is 1. The Bertz CT molecular complexity index is 1470. The van der Waals surface area contributed by atoms with Crippen LogP contribution >= 0.6 is 24.0 Å². The standard InChI is InChI=1S/C22H16F3N3O6S3/c23-22(24,25)13-6-2-3-7-14(13)26-16(29)11-28-15-8-4-1-5-12(15)17(19(28)30)18-20(31)27(21(35)36-18)9-10-37(32,33)34/h1-8H,9-11H2,(H,26,29)(H,32,33,34)/b18-17+. The molecule has 4 rings (SSSR count). The Morgan fingerprint density at radius 3 is 2.35 bits per heavy atom. The average Bonchev–Trinajstić information content (AvgIpc) is 3.23. The number of rotatable bonds is 6. The number of anilines is 2. The SMILES string of the molecule is O=C(CN1C(=O)/C(=C2/SC(=S)N(CCS(=O)(=O)O)C2=O)c2ccccc21)Nc1ccccc1C(F)(F)F. The van der Waals surface area contributed by atoms with Crippen LogP contribution in [0.2, 0.25) is 0 Å². The number of alkyl halides is 3. The van der Waals surface area contributed by atoms with Crippen molar-refractivity contribution in [2.45, 2.75) is 6.18 Å². The molecule has 2 N–H and O–H groups in total. The first kappa shape index (κ1) is 26.8. The minimum Gasteiger partial charge on any atom is -0.324 e. The van der Waals surface area contributed by atoms with E-state index in [1.807, 2.05) is 0 Å². The highest BCUT2D eigenvalue weighted by molar-refractivity contribution is 8.26. The van der Waals surface area contributed by atoms with Gasteiger partial charge in [0, 0.05) is 12.1 Å². The van der Waals surface area contributed by atoms with Gasteiger partial charge in [-0.3, -0.25) is 28.7 Å². The highest BCUT2D eigenvalue weighted by atomic mass is 32.2. The molecule has 0 saturated carbocycles. The summed E-state index contributed by atoms with van der Waals surface area (Å²) in [5.74, 6) is -3.17. The quantitative estimate of drug-likeness (QED) is 0.308. The molecular formula is C22H16F3N3O6S3. The Morgan fingerprint density at radius 2 is 1.68 bits per heavy atom. The average molecular weight is 572 g/mol. The number of nitrogens with zero attached hydrogens (tertiary/aromatic N) is 2. The fourth-order valence-corrected chi connectivity index (χ4v) is 5.57. The summed E-state index contributed by atoms with van der Waals surface area (Å²) in [6.45, 7) is -1.07. The molecule has 2 aromatic rings. The zero-order chi connectivity index (χ0) is 27.1. The Balaban J connectivity index is 1.63. The molecule has 2 heterocycles. The van der Waals surface area contributed by atoms with E-state index < -0.39 is 64.1 Å². The predicted molar refractivity (Wildman–Crippen MR) is 134 cm³/mol. The summed E-state index contributed by atoms with van der Waals surface area (Å²) in [5.41, 5.74) is -1.05. The minimum atomic E-state index is -4.71. The molecule has 2 aliphatic heterocycles. The number of nitrogens with one attached hydrogen (secondary N) is 1. The minimum absolute atomic E-state index is 0.0265. The van der Waals surface area contributed by atoms with Crippen molar-refractivity contribution >= 4 is 73.1 Å². The van der Waals surface area contributed by atoms with E-state index in [0.717, 1.165) is 33.7 Å². The molecule has 2 aromatic carbocycles. The van der Waals surface area contributed by atoms with E-state index in [0.29, 0.717) is 5.56 Å². The van der Waals surface area contributed by atoms with Gasteiger partial charge in [0.2, 0.25) is 5.91 Å². The third-order valence-electron chi connectivity index (χ3n) is 5.38. The van der Waals surface area contributed by atoms with Crippen LogP contribution in [0.15, 0.2) is 53.4 Å². The van der Waals surface area contributed by atoms with E-state index in [1.54, 1.807) is 12.1 Å². The summed E-state index contributed by atoms with van der Waals surface area (Å²) in [4.78, 5) is 41.0. The second kappa shape index (κ2) is 9.89. The molecule has 194 valence electrons. The summed E-state index contributed by atoms with van der Waals surface area (Å²) in [7, 11) is -4.38. The molecule has 9 nitrogen and oxygen atoms in total. The zero-order valence-corrected chi connectivity index (χ0v) is 20.9. The van der Waals surface area contributed by atoms with E-state index in [1.165, 1.54) is 24.3 Å². The third-order valence-corrected chi connectivity index (χ3v) is 7.53. The van der Waals surface area contributed by atoms with Crippen LogP contribution in [0.5, 0.6) is 0 Å². The number of thioether (sulfide) groups is 1. The van der Waals surface area contributed by atoms with Gasteiger partial charge >= 0.3 is 6.18 Å². The molecule has 15 heteroatoms. The van der Waals surface area contributed by atoms with Gasteiger partial charge in [0.1, 0.15) is 10.9 Å². The Kier molecular flexibility index (Phi) is 7.16. The number of halogens is 3. The van der Waals surface area contributed by atoms with Crippen LogP contribution in [0.3, 0.4) is 0 Å². The van der Waals surface area contributed by atoms with Gasteiger partial charge in [0.25, 0.3) is 21.9 Å². The predicted octanol–water partition coefficient (Wildman–Crippen LogP) is 3.15. The number of carbonyl (C=O) groups is 3. The van der Waals surface area contributed by atoms with Gasteiger partial charge in [-0.15, -0.1) is 0 Å². The molecule has 0 bridgehead atoms. The van der Waals surface area contributed by atoms with Gasteiger partial charge in [-0.2, -0.15) is 21.6 Å². The van der Waals surface area contributed by atoms with Gasteiger partial charge in [-0.1, -0.05) is 54.3 Å². The van der Waals surface area contributed by atoms with Crippen molar-refractivity contribution in [3.63, 3.8) is 0 Å². The van der Waals surface area contributed by atoms with E-state index in [-0.39, 0.29) is 20.5 Å². The van der Waals surface area contributed by atoms with Gasteiger partial charge in [-0.05, 0) is 18.2 Å². The first-order valence-corrected chi connectivity index (χ1v) is 13.2. The van der Waals surface area contributed by atoms with Crippen LogP contribution in [0.1, 0.15) is 11.1 Å². The lowest BCUT2D eigenvalue weighted by atomic mass is 10.1. The van der Waals surface area contributed by atoms with Gasteiger partial charge in [-0.25, -0.2) is 0 Å². The zero-order valence-electron chi connectivity index (χ0n) is 18.5. The number of benzene rings is 2. The topological polar surface area (TPSA) is 124 Å². The number of hydrogen-bond acceptors (Lipinski definition) is 7. The Hall–Kier alpha value is -3.27. The molecule has 2 aliphatic rings. The van der Waals surface area contributed by atoms with E-state index >= 15 is 0 Å². The van der Waals surface area contributed by atoms with Gasteiger partial charge < -0.3 is 5.32 Å². The van der Waals surface area contributed by atoms with Crippen molar-refractivity contribution in [3.05, 3.63) is 64.6 Å². The molecule has 1 saturated heterocycles. The number of amides is 3.